The zero-order valence-corrected chi connectivity index (χ0v) is 20.1. The number of pyridine rings is 1. The number of methoxy groups -OCH3 is 2. The van der Waals surface area contributed by atoms with Gasteiger partial charge in [-0.2, -0.15) is 5.10 Å². The van der Waals surface area contributed by atoms with Crippen molar-refractivity contribution in [2.45, 2.75) is 46.1 Å². The van der Waals surface area contributed by atoms with Gasteiger partial charge in [0.05, 0.1) is 43.0 Å². The van der Waals surface area contributed by atoms with Crippen molar-refractivity contribution in [2.75, 3.05) is 33.7 Å². The van der Waals surface area contributed by atoms with Crippen molar-refractivity contribution in [3.8, 4) is 17.1 Å². The van der Waals surface area contributed by atoms with Crippen LogP contribution in [0.15, 0.2) is 12.1 Å². The summed E-state index contributed by atoms with van der Waals surface area (Å²) < 4.78 is 18.5. The van der Waals surface area contributed by atoms with Gasteiger partial charge in [0, 0.05) is 19.1 Å². The fourth-order valence-electron chi connectivity index (χ4n) is 3.48. The molecule has 0 bridgehead atoms. The number of nitrogens with zero attached hydrogens (tertiary/aromatic N) is 5. The van der Waals surface area contributed by atoms with Crippen LogP contribution in [0.2, 0.25) is 0 Å². The Bertz CT molecular complexity index is 1040. The first kappa shape index (κ1) is 23.4. The van der Waals surface area contributed by atoms with Crippen molar-refractivity contribution in [2.24, 2.45) is 0 Å². The zero-order valence-electron chi connectivity index (χ0n) is 19.3. The molecular formula is C22H31N5O3S. The molecule has 9 heteroatoms. The van der Waals surface area contributed by atoms with E-state index in [9.17, 15) is 0 Å². The van der Waals surface area contributed by atoms with Crippen molar-refractivity contribution in [1.29, 1.82) is 0 Å². The van der Waals surface area contributed by atoms with Gasteiger partial charge in [0.15, 0.2) is 5.65 Å². The Hall–Kier alpha value is -2.23. The number of fused-ring (bicyclic) bond motifs is 1. The minimum absolute atomic E-state index is 0.0972. The largest absolute Gasteiger partial charge is 0.480 e. The molecule has 3 heterocycles. The van der Waals surface area contributed by atoms with E-state index in [-0.39, 0.29) is 6.04 Å². The number of hydrogen-bond donors (Lipinski definition) is 0. The minimum Gasteiger partial charge on any atom is -0.480 e. The smallest absolute Gasteiger partial charge is 0.222 e. The third-order valence-electron chi connectivity index (χ3n) is 5.11. The molecule has 0 amide bonds. The van der Waals surface area contributed by atoms with Crippen LogP contribution in [0.1, 0.15) is 49.8 Å². The lowest BCUT2D eigenvalue weighted by Gasteiger charge is -2.17. The second-order valence-electron chi connectivity index (χ2n) is 7.58. The highest BCUT2D eigenvalue weighted by Crippen LogP contribution is 2.33. The maximum Gasteiger partial charge on any atom is 0.222 e. The van der Waals surface area contributed by atoms with Crippen LogP contribution in [0, 0.1) is 6.92 Å². The van der Waals surface area contributed by atoms with Gasteiger partial charge in [-0.1, -0.05) is 20.8 Å². The SMILES string of the molecule is CCc1nc2c(nc1-c1ccc(C(C)C)nc1OC)c(C)nn2C(COC)COSC. The molecule has 0 saturated carbocycles. The summed E-state index contributed by atoms with van der Waals surface area (Å²) in [7, 11) is 3.31. The Labute approximate surface area is 187 Å². The topological polar surface area (TPSA) is 84.2 Å². The number of hydrogen-bond acceptors (Lipinski definition) is 8. The van der Waals surface area contributed by atoms with Crippen LogP contribution in [0.25, 0.3) is 22.4 Å². The molecule has 168 valence electrons. The molecule has 0 radical (unpaired) electrons. The molecule has 0 saturated heterocycles. The maximum absolute atomic E-state index is 5.62. The van der Waals surface area contributed by atoms with Crippen LogP contribution in [0.5, 0.6) is 5.88 Å². The number of aromatic nitrogens is 5. The first-order valence-electron chi connectivity index (χ1n) is 10.4. The van der Waals surface area contributed by atoms with Crippen LogP contribution in [-0.4, -0.2) is 58.4 Å². The second kappa shape index (κ2) is 10.4. The molecule has 3 aromatic rings. The third kappa shape index (κ3) is 4.83. The van der Waals surface area contributed by atoms with E-state index in [0.717, 1.165) is 39.5 Å². The van der Waals surface area contributed by atoms with Crippen LogP contribution < -0.4 is 4.74 Å². The predicted octanol–water partition coefficient (Wildman–Crippen LogP) is 4.37. The van der Waals surface area contributed by atoms with Crippen molar-refractivity contribution in [3.05, 3.63) is 29.2 Å². The Morgan fingerprint density at radius 3 is 2.48 bits per heavy atom. The molecule has 0 aliphatic heterocycles. The summed E-state index contributed by atoms with van der Waals surface area (Å²) in [5, 5.41) is 4.73. The first-order chi connectivity index (χ1) is 14.9. The predicted molar refractivity (Wildman–Crippen MR) is 124 cm³/mol. The summed E-state index contributed by atoms with van der Waals surface area (Å²) in [6.07, 6.45) is 2.61. The molecule has 0 fully saturated rings. The maximum atomic E-state index is 5.62. The molecule has 31 heavy (non-hydrogen) atoms. The Balaban J connectivity index is 2.17. The average Bonchev–Trinajstić information content (AvgIpc) is 3.10. The fourth-order valence-corrected chi connectivity index (χ4v) is 3.77. The Morgan fingerprint density at radius 2 is 1.87 bits per heavy atom. The zero-order chi connectivity index (χ0) is 22.5. The van der Waals surface area contributed by atoms with Gasteiger partial charge in [-0.05, 0) is 43.4 Å². The molecule has 1 unspecified atom stereocenters. The normalized spacial score (nSPS) is 12.6. The quantitative estimate of drug-likeness (QED) is 0.425. The lowest BCUT2D eigenvalue weighted by Crippen LogP contribution is -2.21. The van der Waals surface area contributed by atoms with Gasteiger partial charge in [-0.15, -0.1) is 0 Å². The summed E-state index contributed by atoms with van der Waals surface area (Å²) in [5.41, 5.74) is 5.76. The van der Waals surface area contributed by atoms with Gasteiger partial charge in [-0.3, -0.25) is 0 Å². The van der Waals surface area contributed by atoms with Gasteiger partial charge >= 0.3 is 0 Å². The summed E-state index contributed by atoms with van der Waals surface area (Å²) in [6.45, 7) is 9.17. The molecule has 1 atom stereocenters. The third-order valence-corrected chi connectivity index (χ3v) is 5.48. The van der Waals surface area contributed by atoms with E-state index in [0.29, 0.717) is 31.4 Å². The lowest BCUT2D eigenvalue weighted by atomic mass is 10.1. The van der Waals surface area contributed by atoms with E-state index in [1.807, 2.05) is 30.0 Å². The monoisotopic (exact) mass is 445 g/mol. The van der Waals surface area contributed by atoms with Crippen molar-refractivity contribution in [1.82, 2.24) is 24.7 Å². The fraction of sp³-hybridized carbons (Fsp3) is 0.545. The van der Waals surface area contributed by atoms with Gasteiger partial charge in [0.2, 0.25) is 5.88 Å². The lowest BCUT2D eigenvalue weighted by molar-refractivity contribution is 0.125. The van der Waals surface area contributed by atoms with E-state index in [1.165, 1.54) is 12.0 Å². The number of ether oxygens (including phenoxy) is 2. The van der Waals surface area contributed by atoms with E-state index in [4.69, 9.17) is 33.7 Å². The van der Waals surface area contributed by atoms with Gasteiger partial charge in [0.25, 0.3) is 0 Å². The van der Waals surface area contributed by atoms with Crippen LogP contribution in [0.3, 0.4) is 0 Å². The summed E-state index contributed by atoms with van der Waals surface area (Å²) in [4.78, 5) is 14.7. The van der Waals surface area contributed by atoms with Gasteiger partial charge in [0.1, 0.15) is 11.6 Å². The van der Waals surface area contributed by atoms with Crippen LogP contribution >= 0.6 is 12.0 Å². The molecule has 0 N–H and O–H groups in total. The van der Waals surface area contributed by atoms with E-state index in [1.54, 1.807) is 14.2 Å². The highest BCUT2D eigenvalue weighted by atomic mass is 32.2. The van der Waals surface area contributed by atoms with Crippen LogP contribution in [0.4, 0.5) is 0 Å². The number of rotatable bonds is 10. The molecule has 0 aliphatic rings. The molecule has 0 aromatic carbocycles. The molecule has 8 nitrogen and oxygen atoms in total. The van der Waals surface area contributed by atoms with Crippen molar-refractivity contribution >= 4 is 23.2 Å². The standard InChI is InChI=1S/C22H31N5O3S/c1-8-17-20(16-9-10-18(13(2)3)24-22(16)29-6)25-19-14(4)26-27(21(19)23-17)15(11-28-5)12-30-31-7/h9-10,13,15H,8,11-12H2,1-7H3. The number of aryl methyl sites for hydroxylation is 2. The minimum atomic E-state index is -0.0972. The molecule has 0 spiro atoms. The second-order valence-corrected chi connectivity index (χ2v) is 8.15. The van der Waals surface area contributed by atoms with Crippen molar-refractivity contribution < 1.29 is 13.7 Å². The summed E-state index contributed by atoms with van der Waals surface area (Å²) in [6, 6.07) is 3.95. The van der Waals surface area contributed by atoms with Gasteiger partial charge < -0.3 is 13.7 Å². The summed E-state index contributed by atoms with van der Waals surface area (Å²) in [5.74, 6) is 0.870. The van der Waals surface area contributed by atoms with Gasteiger partial charge in [-0.25, -0.2) is 19.6 Å². The highest BCUT2D eigenvalue weighted by molar-refractivity contribution is 7.93. The molecular weight excluding hydrogens is 414 g/mol. The molecule has 3 aromatic heterocycles. The van der Waals surface area contributed by atoms with Crippen LogP contribution in [-0.2, 0) is 15.3 Å². The first-order valence-corrected chi connectivity index (χ1v) is 11.6. The van der Waals surface area contributed by atoms with Crippen molar-refractivity contribution in [3.63, 3.8) is 0 Å². The highest BCUT2D eigenvalue weighted by Gasteiger charge is 2.23. The van der Waals surface area contributed by atoms with E-state index < -0.39 is 0 Å². The Kier molecular flexibility index (Phi) is 7.85. The average molecular weight is 446 g/mol. The summed E-state index contributed by atoms with van der Waals surface area (Å²) >= 11 is 1.32. The Morgan fingerprint density at radius 1 is 1.10 bits per heavy atom. The molecule has 0 aliphatic carbocycles. The van der Waals surface area contributed by atoms with E-state index >= 15 is 0 Å². The van der Waals surface area contributed by atoms with E-state index in [2.05, 4.69) is 20.8 Å². The molecule has 3 rings (SSSR count).